The Kier molecular flexibility index (Phi) is 1.40. The molecule has 1 saturated carbocycles. The Labute approximate surface area is 53.0 Å². The van der Waals surface area contributed by atoms with Gasteiger partial charge in [0, 0.05) is 0 Å². The van der Waals surface area contributed by atoms with Crippen molar-refractivity contribution in [1.82, 2.24) is 4.83 Å². The topological polar surface area (TPSA) is 82.4 Å². The highest BCUT2D eigenvalue weighted by Gasteiger charge is 2.35. The normalized spacial score (nSPS) is 19.1. The first-order valence-corrected chi connectivity index (χ1v) is 4.08. The summed E-state index contributed by atoms with van der Waals surface area (Å²) in [5.41, 5.74) is 6.21. The first kappa shape index (κ1) is 6.47. The summed E-state index contributed by atoms with van der Waals surface area (Å²) in [4.78, 5) is 1.75. The molecule has 1 fully saturated rings. The Morgan fingerprint density at radius 3 is 2.44 bits per heavy atom. The van der Waals surface area contributed by atoms with E-state index in [1.807, 2.05) is 0 Å². The van der Waals surface area contributed by atoms with Crippen LogP contribution in [-0.2, 0) is 10.0 Å². The number of sulfonamides is 1. The van der Waals surface area contributed by atoms with Crippen molar-refractivity contribution in [2.45, 2.75) is 18.1 Å². The van der Waals surface area contributed by atoms with Crippen molar-refractivity contribution in [3.63, 3.8) is 0 Å². The van der Waals surface area contributed by atoms with Crippen LogP contribution in [0.4, 0.5) is 0 Å². The molecule has 52 valence electrons. The minimum absolute atomic E-state index is 0.286. The average Bonchev–Trinajstić information content (AvgIpc) is 2.41. The molecule has 0 unspecified atom stereocenters. The summed E-state index contributed by atoms with van der Waals surface area (Å²) < 4.78 is 21.3. The molecule has 0 amide bonds. The van der Waals surface area contributed by atoms with E-state index in [1.165, 1.54) is 0 Å². The molecule has 0 radical (unpaired) electrons. The summed E-state index contributed by atoms with van der Waals surface area (Å²) in [5.74, 6) is 0. The lowest BCUT2D eigenvalue weighted by Gasteiger charge is -1.95. The Balaban J connectivity index is 2.60. The molecule has 5 nitrogen and oxygen atoms in total. The van der Waals surface area contributed by atoms with Crippen molar-refractivity contribution in [2.24, 2.45) is 5.22 Å². The van der Waals surface area contributed by atoms with Gasteiger partial charge in [-0.2, -0.15) is 10.4 Å². The zero-order valence-electron chi connectivity index (χ0n) is 4.66. The van der Waals surface area contributed by atoms with E-state index in [2.05, 4.69) is 5.22 Å². The van der Waals surface area contributed by atoms with Crippen LogP contribution in [0.25, 0.3) is 0 Å². The van der Waals surface area contributed by atoms with Crippen LogP contribution < -0.4 is 4.83 Å². The van der Waals surface area contributed by atoms with Crippen LogP contribution in [0.15, 0.2) is 5.22 Å². The molecular formula is C3H7N3O2S. The number of rotatable bonds is 3. The molecule has 1 aliphatic rings. The van der Waals surface area contributed by atoms with Gasteiger partial charge in [0.05, 0.1) is 5.25 Å². The van der Waals surface area contributed by atoms with Crippen molar-refractivity contribution in [3.05, 3.63) is 0 Å². The molecule has 2 N–H and O–H groups in total. The molecule has 0 aromatic heterocycles. The molecule has 6 heteroatoms. The fourth-order valence-corrected chi connectivity index (χ4v) is 1.55. The van der Waals surface area contributed by atoms with Crippen molar-refractivity contribution in [1.29, 1.82) is 5.53 Å². The molecule has 0 saturated heterocycles. The van der Waals surface area contributed by atoms with Crippen LogP contribution in [0.2, 0.25) is 0 Å². The molecule has 0 heterocycles. The molecule has 0 aromatic carbocycles. The highest BCUT2D eigenvalue weighted by Crippen LogP contribution is 2.27. The minimum Gasteiger partial charge on any atom is -0.205 e. The Morgan fingerprint density at radius 1 is 1.56 bits per heavy atom. The van der Waals surface area contributed by atoms with E-state index in [4.69, 9.17) is 5.53 Å². The largest absolute Gasteiger partial charge is 0.251 e. The maximum absolute atomic E-state index is 10.7. The summed E-state index contributed by atoms with van der Waals surface area (Å²) in [5, 5.41) is 2.30. The molecule has 0 atom stereocenters. The van der Waals surface area contributed by atoms with E-state index in [0.717, 1.165) is 0 Å². The van der Waals surface area contributed by atoms with Gasteiger partial charge < -0.3 is 0 Å². The first-order valence-electron chi connectivity index (χ1n) is 2.54. The van der Waals surface area contributed by atoms with Crippen molar-refractivity contribution in [3.8, 4) is 0 Å². The third-order valence-electron chi connectivity index (χ3n) is 1.14. The summed E-state index contributed by atoms with van der Waals surface area (Å²) >= 11 is 0. The maximum Gasteiger partial charge on any atom is 0.251 e. The molecule has 9 heavy (non-hydrogen) atoms. The molecule has 1 aliphatic carbocycles. The van der Waals surface area contributed by atoms with Gasteiger partial charge in [-0.3, -0.25) is 0 Å². The second-order valence-electron chi connectivity index (χ2n) is 1.95. The SMILES string of the molecule is N=NNS(=O)(=O)C1CC1. The minimum atomic E-state index is -3.24. The molecule has 0 aliphatic heterocycles. The predicted molar refractivity (Wildman–Crippen MR) is 30.2 cm³/mol. The standard InChI is InChI=1S/C3H7N3O2S/c4-5-6-9(7,8)3-1-2-3/h3H,1-2H2,(H2,4,6). The van der Waals surface area contributed by atoms with Crippen molar-refractivity contribution in [2.75, 3.05) is 0 Å². The average molecular weight is 149 g/mol. The van der Waals surface area contributed by atoms with Crippen molar-refractivity contribution >= 4 is 10.0 Å². The van der Waals surface area contributed by atoms with Crippen LogP contribution in [0.5, 0.6) is 0 Å². The predicted octanol–water partition coefficient (Wildman–Crippen LogP) is 0.0142. The van der Waals surface area contributed by atoms with E-state index in [9.17, 15) is 8.42 Å². The third-order valence-corrected chi connectivity index (χ3v) is 2.83. The van der Waals surface area contributed by atoms with Gasteiger partial charge in [-0.05, 0) is 12.8 Å². The smallest absolute Gasteiger partial charge is 0.205 e. The lowest BCUT2D eigenvalue weighted by molar-refractivity contribution is 0.579. The number of nitrogens with one attached hydrogen (secondary N) is 2. The second-order valence-corrected chi connectivity index (χ2v) is 3.89. The monoisotopic (exact) mass is 149 g/mol. The van der Waals surface area contributed by atoms with Gasteiger partial charge in [0.25, 0.3) is 10.0 Å². The quantitative estimate of drug-likeness (QED) is 0.438. The Hall–Kier alpha value is -0.650. The summed E-state index contributed by atoms with van der Waals surface area (Å²) in [6, 6.07) is 0. The van der Waals surface area contributed by atoms with Crippen molar-refractivity contribution < 1.29 is 8.42 Å². The van der Waals surface area contributed by atoms with E-state index >= 15 is 0 Å². The zero-order valence-corrected chi connectivity index (χ0v) is 5.48. The summed E-state index contributed by atoms with van der Waals surface area (Å²) in [6.45, 7) is 0. The van der Waals surface area contributed by atoms with Gasteiger partial charge in [-0.1, -0.05) is 5.22 Å². The highest BCUT2D eigenvalue weighted by molar-refractivity contribution is 7.90. The molecule has 1 rings (SSSR count). The number of hydrogen-bond donors (Lipinski definition) is 2. The van der Waals surface area contributed by atoms with E-state index in [0.29, 0.717) is 12.8 Å². The van der Waals surface area contributed by atoms with Gasteiger partial charge in [0.15, 0.2) is 0 Å². The number of nitrogens with zero attached hydrogens (tertiary/aromatic N) is 1. The van der Waals surface area contributed by atoms with Gasteiger partial charge in [0.2, 0.25) is 0 Å². The third kappa shape index (κ3) is 1.38. The summed E-state index contributed by atoms with van der Waals surface area (Å²) in [7, 11) is -3.24. The fraction of sp³-hybridized carbons (Fsp3) is 1.00. The zero-order chi connectivity index (χ0) is 6.91. The number of hydrogen-bond acceptors (Lipinski definition) is 4. The molecular weight excluding hydrogens is 142 g/mol. The van der Waals surface area contributed by atoms with Gasteiger partial charge in [-0.25, -0.2) is 8.42 Å². The van der Waals surface area contributed by atoms with E-state index < -0.39 is 10.0 Å². The van der Waals surface area contributed by atoms with Crippen LogP contribution >= 0.6 is 0 Å². The van der Waals surface area contributed by atoms with Gasteiger partial charge >= 0.3 is 0 Å². The van der Waals surface area contributed by atoms with Gasteiger partial charge in [-0.15, -0.1) is 0 Å². The highest BCUT2D eigenvalue weighted by atomic mass is 32.2. The molecule has 0 aromatic rings. The maximum atomic E-state index is 10.7. The Morgan fingerprint density at radius 2 is 2.11 bits per heavy atom. The first-order chi connectivity index (χ1) is 4.17. The van der Waals surface area contributed by atoms with Crippen LogP contribution in [-0.4, -0.2) is 13.7 Å². The second kappa shape index (κ2) is 1.94. The Bertz CT molecular complexity index is 205. The fourth-order valence-electron chi connectivity index (χ4n) is 0.516. The van der Waals surface area contributed by atoms with E-state index in [1.54, 1.807) is 4.83 Å². The summed E-state index contributed by atoms with van der Waals surface area (Å²) in [6.07, 6.45) is 1.40. The van der Waals surface area contributed by atoms with E-state index in [-0.39, 0.29) is 5.25 Å². The van der Waals surface area contributed by atoms with Gasteiger partial charge in [0.1, 0.15) is 0 Å². The van der Waals surface area contributed by atoms with Crippen LogP contribution in [0.1, 0.15) is 12.8 Å². The van der Waals surface area contributed by atoms with Crippen LogP contribution in [0.3, 0.4) is 0 Å². The lowest BCUT2D eigenvalue weighted by atomic mass is 11.0. The molecule has 0 bridgehead atoms. The molecule has 0 spiro atoms. The lowest BCUT2D eigenvalue weighted by Crippen LogP contribution is -2.21. The van der Waals surface area contributed by atoms with Crippen LogP contribution in [0, 0.1) is 5.53 Å².